The standard InChI is InChI=1S/C14H18ClN5O2/c1-10(2)7-16-14(21)8-20-13(17-18-19-20)9-22-12-5-3-11(15)4-6-12/h3-6,10H,7-9H2,1-2H3,(H,16,21). The number of amides is 1. The average molecular weight is 324 g/mol. The third kappa shape index (κ3) is 5.00. The van der Waals surface area contributed by atoms with Gasteiger partial charge in [0.15, 0.2) is 5.82 Å². The maximum Gasteiger partial charge on any atom is 0.241 e. The summed E-state index contributed by atoms with van der Waals surface area (Å²) in [6.45, 7) is 4.92. The molecular formula is C14H18ClN5O2. The van der Waals surface area contributed by atoms with E-state index in [0.29, 0.717) is 29.1 Å². The summed E-state index contributed by atoms with van der Waals surface area (Å²) < 4.78 is 6.99. The molecule has 7 nitrogen and oxygen atoms in total. The van der Waals surface area contributed by atoms with Crippen LogP contribution in [0.3, 0.4) is 0 Å². The van der Waals surface area contributed by atoms with Gasteiger partial charge in [-0.3, -0.25) is 4.79 Å². The number of aromatic nitrogens is 4. The van der Waals surface area contributed by atoms with Gasteiger partial charge in [0.2, 0.25) is 5.91 Å². The van der Waals surface area contributed by atoms with Crippen LogP contribution in [0.1, 0.15) is 19.7 Å². The Morgan fingerprint density at radius 3 is 2.77 bits per heavy atom. The topological polar surface area (TPSA) is 81.9 Å². The Bertz CT molecular complexity index is 612. The summed E-state index contributed by atoms with van der Waals surface area (Å²) in [6, 6.07) is 6.98. The van der Waals surface area contributed by atoms with Gasteiger partial charge in [0.1, 0.15) is 18.9 Å². The van der Waals surface area contributed by atoms with E-state index in [-0.39, 0.29) is 19.1 Å². The molecule has 0 fully saturated rings. The van der Waals surface area contributed by atoms with E-state index in [1.807, 2.05) is 13.8 Å². The molecule has 0 aliphatic heterocycles. The lowest BCUT2D eigenvalue weighted by molar-refractivity contribution is -0.122. The van der Waals surface area contributed by atoms with E-state index in [1.54, 1.807) is 24.3 Å². The molecule has 0 radical (unpaired) electrons. The summed E-state index contributed by atoms with van der Waals surface area (Å²) in [5.74, 6) is 1.40. The minimum atomic E-state index is -0.131. The van der Waals surface area contributed by atoms with Crippen molar-refractivity contribution in [2.45, 2.75) is 27.0 Å². The Labute approximate surface area is 133 Å². The minimum absolute atomic E-state index is 0.0685. The molecule has 1 aromatic carbocycles. The third-order valence-electron chi connectivity index (χ3n) is 2.79. The number of halogens is 1. The lowest BCUT2D eigenvalue weighted by Crippen LogP contribution is -2.31. The molecule has 0 unspecified atom stereocenters. The van der Waals surface area contributed by atoms with Crippen molar-refractivity contribution in [1.29, 1.82) is 0 Å². The zero-order chi connectivity index (χ0) is 15.9. The van der Waals surface area contributed by atoms with E-state index < -0.39 is 0 Å². The number of nitrogens with zero attached hydrogens (tertiary/aromatic N) is 4. The van der Waals surface area contributed by atoms with Crippen molar-refractivity contribution in [1.82, 2.24) is 25.5 Å². The largest absolute Gasteiger partial charge is 0.486 e. The maximum atomic E-state index is 11.8. The summed E-state index contributed by atoms with van der Waals surface area (Å²) in [4.78, 5) is 11.8. The number of carbonyl (C=O) groups is 1. The van der Waals surface area contributed by atoms with E-state index in [2.05, 4.69) is 20.8 Å². The Kier molecular flexibility index (Phi) is 5.71. The van der Waals surface area contributed by atoms with Crippen molar-refractivity contribution in [2.24, 2.45) is 5.92 Å². The second kappa shape index (κ2) is 7.74. The van der Waals surface area contributed by atoms with Crippen molar-refractivity contribution < 1.29 is 9.53 Å². The quantitative estimate of drug-likeness (QED) is 0.838. The summed E-state index contributed by atoms with van der Waals surface area (Å²) in [5, 5.41) is 14.7. The summed E-state index contributed by atoms with van der Waals surface area (Å²) in [7, 11) is 0. The average Bonchev–Trinajstić information content (AvgIpc) is 2.92. The Balaban J connectivity index is 1.89. The monoisotopic (exact) mass is 323 g/mol. The lowest BCUT2D eigenvalue weighted by atomic mass is 10.2. The van der Waals surface area contributed by atoms with Gasteiger partial charge in [-0.1, -0.05) is 25.4 Å². The van der Waals surface area contributed by atoms with Gasteiger partial charge in [0.05, 0.1) is 0 Å². The highest BCUT2D eigenvalue weighted by Gasteiger charge is 2.11. The van der Waals surface area contributed by atoms with Crippen LogP contribution >= 0.6 is 11.6 Å². The Hall–Kier alpha value is -2.15. The molecule has 0 aliphatic carbocycles. The molecule has 0 bridgehead atoms. The molecule has 1 aromatic heterocycles. The second-order valence-corrected chi connectivity index (χ2v) is 5.63. The first-order chi connectivity index (χ1) is 10.5. The first kappa shape index (κ1) is 16.2. The number of nitrogens with one attached hydrogen (secondary N) is 1. The van der Waals surface area contributed by atoms with Gasteiger partial charge >= 0.3 is 0 Å². The zero-order valence-corrected chi connectivity index (χ0v) is 13.2. The zero-order valence-electron chi connectivity index (χ0n) is 12.5. The van der Waals surface area contributed by atoms with Crippen LogP contribution < -0.4 is 10.1 Å². The van der Waals surface area contributed by atoms with Gasteiger partial charge in [0.25, 0.3) is 0 Å². The maximum absolute atomic E-state index is 11.8. The normalized spacial score (nSPS) is 10.7. The molecule has 8 heteroatoms. The molecule has 1 heterocycles. The number of hydrogen-bond donors (Lipinski definition) is 1. The van der Waals surface area contributed by atoms with Crippen molar-refractivity contribution in [2.75, 3.05) is 6.54 Å². The number of tetrazole rings is 1. The van der Waals surface area contributed by atoms with Crippen LogP contribution in [0.15, 0.2) is 24.3 Å². The molecule has 1 N–H and O–H groups in total. The van der Waals surface area contributed by atoms with E-state index in [0.717, 1.165) is 0 Å². The SMILES string of the molecule is CC(C)CNC(=O)Cn1nnnc1COc1ccc(Cl)cc1. The van der Waals surface area contributed by atoms with Crippen molar-refractivity contribution in [3.05, 3.63) is 35.1 Å². The van der Waals surface area contributed by atoms with Crippen LogP contribution in [0.2, 0.25) is 5.02 Å². The lowest BCUT2D eigenvalue weighted by Gasteiger charge is -2.09. The molecule has 0 aliphatic rings. The van der Waals surface area contributed by atoms with Crippen molar-refractivity contribution in [3.63, 3.8) is 0 Å². The number of benzene rings is 1. The molecule has 22 heavy (non-hydrogen) atoms. The second-order valence-electron chi connectivity index (χ2n) is 5.19. The van der Waals surface area contributed by atoms with Gasteiger partial charge in [-0.25, -0.2) is 4.68 Å². The highest BCUT2D eigenvalue weighted by Crippen LogP contribution is 2.16. The van der Waals surface area contributed by atoms with Crippen LogP contribution in [-0.2, 0) is 17.9 Å². The fraction of sp³-hybridized carbons (Fsp3) is 0.429. The Morgan fingerprint density at radius 2 is 2.09 bits per heavy atom. The van der Waals surface area contributed by atoms with Crippen LogP contribution in [0, 0.1) is 5.92 Å². The summed E-state index contributed by atoms with van der Waals surface area (Å²) in [5.41, 5.74) is 0. The van der Waals surface area contributed by atoms with Crippen LogP contribution in [0.5, 0.6) is 5.75 Å². The number of hydrogen-bond acceptors (Lipinski definition) is 5. The highest BCUT2D eigenvalue weighted by atomic mass is 35.5. The smallest absolute Gasteiger partial charge is 0.241 e. The highest BCUT2D eigenvalue weighted by molar-refractivity contribution is 6.30. The Morgan fingerprint density at radius 1 is 1.36 bits per heavy atom. The van der Waals surface area contributed by atoms with Crippen LogP contribution in [0.25, 0.3) is 0 Å². The van der Waals surface area contributed by atoms with Gasteiger partial charge < -0.3 is 10.1 Å². The van der Waals surface area contributed by atoms with Crippen molar-refractivity contribution in [3.8, 4) is 5.75 Å². The van der Waals surface area contributed by atoms with Crippen molar-refractivity contribution >= 4 is 17.5 Å². The molecule has 0 saturated heterocycles. The van der Waals surface area contributed by atoms with Crippen LogP contribution in [0.4, 0.5) is 0 Å². The molecule has 118 valence electrons. The van der Waals surface area contributed by atoms with Gasteiger partial charge in [-0.2, -0.15) is 0 Å². The number of ether oxygens (including phenoxy) is 1. The first-order valence-corrected chi connectivity index (χ1v) is 7.32. The number of rotatable bonds is 7. The summed E-state index contributed by atoms with van der Waals surface area (Å²) >= 11 is 5.81. The molecule has 1 amide bonds. The molecule has 0 saturated carbocycles. The molecule has 2 aromatic rings. The van der Waals surface area contributed by atoms with Gasteiger partial charge in [0, 0.05) is 11.6 Å². The molecule has 2 rings (SSSR count). The fourth-order valence-corrected chi connectivity index (χ4v) is 1.76. The van der Waals surface area contributed by atoms with E-state index in [1.165, 1.54) is 4.68 Å². The van der Waals surface area contributed by atoms with E-state index in [4.69, 9.17) is 16.3 Å². The molecular weight excluding hydrogens is 306 g/mol. The third-order valence-corrected chi connectivity index (χ3v) is 3.04. The fourth-order valence-electron chi connectivity index (χ4n) is 1.64. The number of carbonyl (C=O) groups excluding carboxylic acids is 1. The van der Waals surface area contributed by atoms with Gasteiger partial charge in [-0.15, -0.1) is 5.10 Å². The van der Waals surface area contributed by atoms with E-state index in [9.17, 15) is 4.79 Å². The predicted octanol–water partition coefficient (Wildman–Crippen LogP) is 1.68. The molecule has 0 spiro atoms. The van der Waals surface area contributed by atoms with E-state index >= 15 is 0 Å². The summed E-state index contributed by atoms with van der Waals surface area (Å²) in [6.07, 6.45) is 0. The predicted molar refractivity (Wildman–Crippen MR) is 81.4 cm³/mol. The minimum Gasteiger partial charge on any atom is -0.486 e. The molecule has 0 atom stereocenters. The van der Waals surface area contributed by atoms with Crippen LogP contribution in [-0.4, -0.2) is 32.7 Å². The first-order valence-electron chi connectivity index (χ1n) is 6.94. The van der Waals surface area contributed by atoms with Gasteiger partial charge in [-0.05, 0) is 40.6 Å².